The molecular formula is C12H16N2O2. The number of fused-ring (bicyclic) bond motifs is 1. The molecule has 4 nitrogen and oxygen atoms in total. The second-order valence-corrected chi connectivity index (χ2v) is 4.78. The Morgan fingerprint density at radius 1 is 1.38 bits per heavy atom. The zero-order valence-corrected chi connectivity index (χ0v) is 9.26. The van der Waals surface area contributed by atoms with Gasteiger partial charge in [-0.3, -0.25) is 4.79 Å². The fraction of sp³-hybridized carbons (Fsp3) is 0.667. The first kappa shape index (κ1) is 9.87. The molecule has 3 rings (SSSR count). The van der Waals surface area contributed by atoms with E-state index in [1.165, 1.54) is 25.5 Å². The van der Waals surface area contributed by atoms with E-state index in [0.717, 1.165) is 25.3 Å². The van der Waals surface area contributed by atoms with Crippen LogP contribution in [-0.2, 0) is 0 Å². The summed E-state index contributed by atoms with van der Waals surface area (Å²) >= 11 is 0. The van der Waals surface area contributed by atoms with E-state index in [1.807, 2.05) is 4.90 Å². The largest absolute Gasteiger partial charge is 0.364 e. The minimum atomic E-state index is 0.0466. The maximum absolute atomic E-state index is 12.2. The highest BCUT2D eigenvalue weighted by molar-refractivity contribution is 5.92. The van der Waals surface area contributed by atoms with Crippen molar-refractivity contribution in [3.05, 3.63) is 18.0 Å². The van der Waals surface area contributed by atoms with Gasteiger partial charge in [0.05, 0.1) is 0 Å². The average Bonchev–Trinajstić information content (AvgIpc) is 2.98. The number of piperidine rings is 1. The zero-order chi connectivity index (χ0) is 11.0. The van der Waals surface area contributed by atoms with Gasteiger partial charge in [0.15, 0.2) is 5.69 Å². The van der Waals surface area contributed by atoms with E-state index >= 15 is 0 Å². The molecule has 1 aromatic heterocycles. The Bertz CT molecular complexity index is 374. The summed E-state index contributed by atoms with van der Waals surface area (Å²) in [5.74, 6) is 0.773. The Morgan fingerprint density at radius 3 is 3.06 bits per heavy atom. The Morgan fingerprint density at radius 2 is 2.25 bits per heavy atom. The number of rotatable bonds is 1. The molecule has 1 aliphatic heterocycles. The third-order valence-corrected chi connectivity index (χ3v) is 3.91. The van der Waals surface area contributed by atoms with Crippen molar-refractivity contribution in [2.24, 2.45) is 5.92 Å². The van der Waals surface area contributed by atoms with Gasteiger partial charge in [-0.15, -0.1) is 0 Å². The van der Waals surface area contributed by atoms with Crippen LogP contribution in [0.3, 0.4) is 0 Å². The third kappa shape index (κ3) is 1.52. The molecule has 86 valence electrons. The average molecular weight is 220 g/mol. The van der Waals surface area contributed by atoms with Crippen LogP contribution in [0.15, 0.2) is 16.9 Å². The summed E-state index contributed by atoms with van der Waals surface area (Å²) < 4.78 is 4.74. The molecule has 0 aromatic carbocycles. The van der Waals surface area contributed by atoms with Crippen molar-refractivity contribution in [1.82, 2.24) is 10.1 Å². The van der Waals surface area contributed by atoms with Crippen LogP contribution >= 0.6 is 0 Å². The van der Waals surface area contributed by atoms with Crippen LogP contribution in [0.2, 0.25) is 0 Å². The van der Waals surface area contributed by atoms with Crippen LogP contribution in [0.1, 0.15) is 42.6 Å². The van der Waals surface area contributed by atoms with Crippen molar-refractivity contribution in [1.29, 1.82) is 0 Å². The topological polar surface area (TPSA) is 46.3 Å². The van der Waals surface area contributed by atoms with Crippen molar-refractivity contribution in [3.8, 4) is 0 Å². The van der Waals surface area contributed by atoms with E-state index in [-0.39, 0.29) is 5.91 Å². The molecule has 1 aliphatic carbocycles. The van der Waals surface area contributed by atoms with Crippen LogP contribution in [0.4, 0.5) is 0 Å². The molecule has 2 unspecified atom stereocenters. The maximum Gasteiger partial charge on any atom is 0.276 e. The zero-order valence-electron chi connectivity index (χ0n) is 9.26. The van der Waals surface area contributed by atoms with Gasteiger partial charge in [0.1, 0.15) is 6.26 Å². The molecule has 2 heterocycles. The number of hydrogen-bond donors (Lipinski definition) is 0. The lowest BCUT2D eigenvalue weighted by Gasteiger charge is -2.37. The molecule has 0 bridgehead atoms. The van der Waals surface area contributed by atoms with Crippen LogP contribution < -0.4 is 0 Å². The fourth-order valence-electron chi connectivity index (χ4n) is 3.18. The van der Waals surface area contributed by atoms with Gasteiger partial charge in [-0.1, -0.05) is 11.6 Å². The quantitative estimate of drug-likeness (QED) is 0.728. The van der Waals surface area contributed by atoms with Gasteiger partial charge < -0.3 is 9.42 Å². The molecule has 1 amide bonds. The smallest absolute Gasteiger partial charge is 0.276 e. The highest BCUT2D eigenvalue weighted by Gasteiger charge is 2.38. The van der Waals surface area contributed by atoms with E-state index in [4.69, 9.17) is 4.52 Å². The summed E-state index contributed by atoms with van der Waals surface area (Å²) in [6, 6.07) is 2.11. The molecule has 0 radical (unpaired) electrons. The van der Waals surface area contributed by atoms with Gasteiger partial charge in [0.2, 0.25) is 0 Å². The number of likely N-dealkylation sites (tertiary alicyclic amines) is 1. The lowest BCUT2D eigenvalue weighted by atomic mass is 9.92. The Labute approximate surface area is 94.6 Å². The molecule has 2 aliphatic rings. The van der Waals surface area contributed by atoms with E-state index in [2.05, 4.69) is 5.16 Å². The molecule has 4 heteroatoms. The summed E-state index contributed by atoms with van der Waals surface area (Å²) in [5.41, 5.74) is 0.451. The van der Waals surface area contributed by atoms with Gasteiger partial charge in [0, 0.05) is 18.7 Å². The maximum atomic E-state index is 12.2. The normalized spacial score (nSPS) is 29.1. The number of carbonyl (C=O) groups is 1. The first-order chi connectivity index (χ1) is 7.86. The van der Waals surface area contributed by atoms with Crippen LogP contribution in [0.25, 0.3) is 0 Å². The van der Waals surface area contributed by atoms with Gasteiger partial charge in [-0.25, -0.2) is 0 Å². The highest BCUT2D eigenvalue weighted by Crippen LogP contribution is 2.37. The summed E-state index contributed by atoms with van der Waals surface area (Å²) in [6.07, 6.45) is 7.58. The second kappa shape index (κ2) is 3.92. The molecule has 0 spiro atoms. The third-order valence-electron chi connectivity index (χ3n) is 3.91. The van der Waals surface area contributed by atoms with E-state index in [9.17, 15) is 4.79 Å². The van der Waals surface area contributed by atoms with Crippen molar-refractivity contribution in [3.63, 3.8) is 0 Å². The van der Waals surface area contributed by atoms with Gasteiger partial charge >= 0.3 is 0 Å². The van der Waals surface area contributed by atoms with Crippen molar-refractivity contribution >= 4 is 5.91 Å². The number of nitrogens with zero attached hydrogens (tertiary/aromatic N) is 2. The van der Waals surface area contributed by atoms with E-state index < -0.39 is 0 Å². The molecule has 2 atom stereocenters. The predicted octanol–water partition coefficient (Wildman–Crippen LogP) is 2.08. The second-order valence-electron chi connectivity index (χ2n) is 4.78. The van der Waals surface area contributed by atoms with Crippen molar-refractivity contribution < 1.29 is 9.32 Å². The lowest BCUT2D eigenvalue weighted by Crippen LogP contribution is -2.46. The lowest BCUT2D eigenvalue weighted by molar-refractivity contribution is 0.0538. The first-order valence-corrected chi connectivity index (χ1v) is 6.07. The number of amides is 1. The molecule has 1 saturated heterocycles. The number of aromatic nitrogens is 1. The Kier molecular flexibility index (Phi) is 2.42. The molecule has 1 saturated carbocycles. The SMILES string of the molecule is O=C(c1ccon1)N1CCCC2CCCC21. The first-order valence-electron chi connectivity index (χ1n) is 6.07. The molecule has 1 aromatic rings. The van der Waals surface area contributed by atoms with Crippen molar-refractivity contribution in [2.45, 2.75) is 38.1 Å². The standard InChI is InChI=1S/C12H16N2O2/c15-12(10-6-8-16-13-10)14-7-2-4-9-3-1-5-11(9)14/h6,8-9,11H,1-5,7H2. The number of hydrogen-bond acceptors (Lipinski definition) is 3. The van der Waals surface area contributed by atoms with Crippen molar-refractivity contribution in [2.75, 3.05) is 6.54 Å². The fourth-order valence-corrected chi connectivity index (χ4v) is 3.18. The summed E-state index contributed by atoms with van der Waals surface area (Å²) in [7, 11) is 0. The van der Waals surface area contributed by atoms with Gasteiger partial charge in [0.25, 0.3) is 5.91 Å². The molecule has 16 heavy (non-hydrogen) atoms. The molecule has 2 fully saturated rings. The van der Waals surface area contributed by atoms with E-state index in [1.54, 1.807) is 6.07 Å². The highest BCUT2D eigenvalue weighted by atomic mass is 16.5. The molecular weight excluding hydrogens is 204 g/mol. The minimum Gasteiger partial charge on any atom is -0.364 e. The molecule has 0 N–H and O–H groups in total. The summed E-state index contributed by atoms with van der Waals surface area (Å²) in [5, 5.41) is 3.74. The minimum absolute atomic E-state index is 0.0466. The Hall–Kier alpha value is -1.32. The Balaban J connectivity index is 1.80. The van der Waals surface area contributed by atoms with Crippen LogP contribution in [0.5, 0.6) is 0 Å². The summed E-state index contributed by atoms with van der Waals surface area (Å²) in [6.45, 7) is 0.882. The number of carbonyl (C=O) groups excluding carboxylic acids is 1. The van der Waals surface area contributed by atoms with Gasteiger partial charge in [-0.05, 0) is 31.6 Å². The van der Waals surface area contributed by atoms with Gasteiger partial charge in [-0.2, -0.15) is 0 Å². The van der Waals surface area contributed by atoms with Crippen LogP contribution in [-0.4, -0.2) is 28.6 Å². The predicted molar refractivity (Wildman–Crippen MR) is 57.9 cm³/mol. The summed E-state index contributed by atoms with van der Waals surface area (Å²) in [4.78, 5) is 14.2. The monoisotopic (exact) mass is 220 g/mol. The van der Waals surface area contributed by atoms with Crippen LogP contribution in [0, 0.1) is 5.92 Å². The van der Waals surface area contributed by atoms with E-state index in [0.29, 0.717) is 11.7 Å².